The fourth-order valence-electron chi connectivity index (χ4n) is 1.73. The molecule has 1 amide bonds. The summed E-state index contributed by atoms with van der Waals surface area (Å²) >= 11 is 0. The Hall–Kier alpha value is -1.77. The van der Waals surface area contributed by atoms with Gasteiger partial charge in [0.15, 0.2) is 0 Å². The van der Waals surface area contributed by atoms with E-state index in [4.69, 9.17) is 4.74 Å². The standard InChI is InChI=1S/C15H21NO2/c1-5-16(11-12(2)3)15(17)10-13-6-8-14(18-4)9-7-13/h6-9H,2,5,10-11H2,1,3-4H3. The molecule has 0 unspecified atom stereocenters. The number of carbonyl (C=O) groups excluding carboxylic acids is 1. The van der Waals surface area contributed by atoms with Crippen LogP contribution in [0.15, 0.2) is 36.4 Å². The Morgan fingerprint density at radius 3 is 2.39 bits per heavy atom. The van der Waals surface area contributed by atoms with E-state index >= 15 is 0 Å². The summed E-state index contributed by atoms with van der Waals surface area (Å²) < 4.78 is 5.09. The molecule has 3 heteroatoms. The number of ether oxygens (including phenoxy) is 1. The third kappa shape index (κ3) is 4.24. The molecule has 0 bridgehead atoms. The first-order valence-electron chi connectivity index (χ1n) is 6.12. The van der Waals surface area contributed by atoms with Crippen LogP contribution in [-0.4, -0.2) is 31.0 Å². The molecule has 3 nitrogen and oxygen atoms in total. The zero-order chi connectivity index (χ0) is 13.5. The predicted octanol–water partition coefficient (Wildman–Crippen LogP) is 2.66. The molecular weight excluding hydrogens is 226 g/mol. The van der Waals surface area contributed by atoms with E-state index in [1.54, 1.807) is 7.11 Å². The average molecular weight is 247 g/mol. The first-order chi connectivity index (χ1) is 8.56. The molecule has 98 valence electrons. The fraction of sp³-hybridized carbons (Fsp3) is 0.400. The summed E-state index contributed by atoms with van der Waals surface area (Å²) in [6.45, 7) is 9.10. The number of likely N-dealkylation sites (N-methyl/N-ethyl adjacent to an activating group) is 1. The van der Waals surface area contributed by atoms with E-state index in [0.29, 0.717) is 19.5 Å². The van der Waals surface area contributed by atoms with Gasteiger partial charge in [-0.25, -0.2) is 0 Å². The van der Waals surface area contributed by atoms with E-state index in [2.05, 4.69) is 6.58 Å². The van der Waals surface area contributed by atoms with Gasteiger partial charge >= 0.3 is 0 Å². The van der Waals surface area contributed by atoms with Gasteiger partial charge in [-0.1, -0.05) is 24.3 Å². The van der Waals surface area contributed by atoms with Crippen molar-refractivity contribution in [3.63, 3.8) is 0 Å². The Bertz CT molecular complexity index is 409. The van der Waals surface area contributed by atoms with Crippen molar-refractivity contribution < 1.29 is 9.53 Å². The van der Waals surface area contributed by atoms with Crippen LogP contribution in [0.2, 0.25) is 0 Å². The zero-order valence-corrected chi connectivity index (χ0v) is 11.4. The Morgan fingerprint density at radius 1 is 1.33 bits per heavy atom. The van der Waals surface area contributed by atoms with Crippen LogP contribution < -0.4 is 4.74 Å². The van der Waals surface area contributed by atoms with E-state index in [9.17, 15) is 4.79 Å². The first kappa shape index (κ1) is 14.3. The fourth-order valence-corrected chi connectivity index (χ4v) is 1.73. The van der Waals surface area contributed by atoms with Crippen molar-refractivity contribution in [2.45, 2.75) is 20.3 Å². The molecule has 0 fully saturated rings. The lowest BCUT2D eigenvalue weighted by molar-refractivity contribution is -0.129. The van der Waals surface area contributed by atoms with E-state index in [-0.39, 0.29) is 5.91 Å². The molecule has 0 aromatic heterocycles. The number of nitrogens with zero attached hydrogens (tertiary/aromatic N) is 1. The van der Waals surface area contributed by atoms with Crippen LogP contribution in [0.5, 0.6) is 5.75 Å². The smallest absolute Gasteiger partial charge is 0.227 e. The molecule has 0 aliphatic heterocycles. The summed E-state index contributed by atoms with van der Waals surface area (Å²) in [6.07, 6.45) is 0.422. The highest BCUT2D eigenvalue weighted by atomic mass is 16.5. The number of benzene rings is 1. The minimum atomic E-state index is 0.130. The third-order valence-electron chi connectivity index (χ3n) is 2.71. The topological polar surface area (TPSA) is 29.5 Å². The Morgan fingerprint density at radius 2 is 1.94 bits per heavy atom. The molecule has 0 saturated heterocycles. The third-order valence-corrected chi connectivity index (χ3v) is 2.71. The minimum absolute atomic E-state index is 0.130. The molecule has 0 aliphatic carbocycles. The maximum Gasteiger partial charge on any atom is 0.227 e. The van der Waals surface area contributed by atoms with Gasteiger partial charge in [0.1, 0.15) is 5.75 Å². The molecule has 0 radical (unpaired) electrons. The monoisotopic (exact) mass is 247 g/mol. The summed E-state index contributed by atoms with van der Waals surface area (Å²) in [5.74, 6) is 0.936. The van der Waals surface area contributed by atoms with Gasteiger partial charge in [-0.3, -0.25) is 4.79 Å². The largest absolute Gasteiger partial charge is 0.497 e. The number of amides is 1. The quantitative estimate of drug-likeness (QED) is 0.723. The lowest BCUT2D eigenvalue weighted by Crippen LogP contribution is -2.33. The van der Waals surface area contributed by atoms with Gasteiger partial charge in [0.25, 0.3) is 0 Å². The van der Waals surface area contributed by atoms with E-state index in [1.165, 1.54) is 0 Å². The van der Waals surface area contributed by atoms with Gasteiger partial charge < -0.3 is 9.64 Å². The second-order valence-electron chi connectivity index (χ2n) is 4.39. The van der Waals surface area contributed by atoms with Crippen LogP contribution in [0.25, 0.3) is 0 Å². The number of carbonyl (C=O) groups is 1. The van der Waals surface area contributed by atoms with E-state index < -0.39 is 0 Å². The Kier molecular flexibility index (Phi) is 5.43. The molecule has 0 atom stereocenters. The van der Waals surface area contributed by atoms with Gasteiger partial charge in [0, 0.05) is 13.1 Å². The SMILES string of the molecule is C=C(C)CN(CC)C(=O)Cc1ccc(OC)cc1. The second-order valence-corrected chi connectivity index (χ2v) is 4.39. The molecule has 1 aromatic carbocycles. The van der Waals surface area contributed by atoms with E-state index in [1.807, 2.05) is 43.0 Å². The van der Waals surface area contributed by atoms with Gasteiger partial charge in [0.05, 0.1) is 13.5 Å². The van der Waals surface area contributed by atoms with Crippen molar-refractivity contribution in [1.82, 2.24) is 4.90 Å². The molecule has 18 heavy (non-hydrogen) atoms. The lowest BCUT2D eigenvalue weighted by Gasteiger charge is -2.21. The van der Waals surface area contributed by atoms with Crippen molar-refractivity contribution in [1.29, 1.82) is 0 Å². The van der Waals surface area contributed by atoms with E-state index in [0.717, 1.165) is 16.9 Å². The molecule has 0 N–H and O–H groups in total. The van der Waals surface area contributed by atoms with Crippen LogP contribution >= 0.6 is 0 Å². The number of methoxy groups -OCH3 is 1. The molecule has 0 aliphatic rings. The van der Waals surface area contributed by atoms with Crippen molar-refractivity contribution in [2.24, 2.45) is 0 Å². The maximum atomic E-state index is 12.1. The minimum Gasteiger partial charge on any atom is -0.497 e. The summed E-state index contributed by atoms with van der Waals surface area (Å²) in [6, 6.07) is 7.59. The van der Waals surface area contributed by atoms with Crippen LogP contribution in [0, 0.1) is 0 Å². The van der Waals surface area contributed by atoms with Crippen molar-refractivity contribution >= 4 is 5.91 Å². The summed E-state index contributed by atoms with van der Waals surface area (Å²) in [7, 11) is 1.63. The van der Waals surface area contributed by atoms with Crippen LogP contribution in [0.3, 0.4) is 0 Å². The highest BCUT2D eigenvalue weighted by Gasteiger charge is 2.12. The van der Waals surface area contributed by atoms with Crippen LogP contribution in [0.4, 0.5) is 0 Å². The molecule has 1 rings (SSSR count). The van der Waals surface area contributed by atoms with Crippen LogP contribution in [-0.2, 0) is 11.2 Å². The molecule has 0 spiro atoms. The summed E-state index contributed by atoms with van der Waals surface area (Å²) in [5, 5.41) is 0. The van der Waals surface area contributed by atoms with Crippen molar-refractivity contribution in [3.8, 4) is 5.75 Å². The highest BCUT2D eigenvalue weighted by molar-refractivity contribution is 5.79. The second kappa shape index (κ2) is 6.84. The molecule has 1 aromatic rings. The Labute approximate surface area is 109 Å². The zero-order valence-electron chi connectivity index (χ0n) is 11.4. The first-order valence-corrected chi connectivity index (χ1v) is 6.12. The van der Waals surface area contributed by atoms with Gasteiger partial charge in [0.2, 0.25) is 5.91 Å². The number of hydrogen-bond acceptors (Lipinski definition) is 2. The van der Waals surface area contributed by atoms with Gasteiger partial charge in [-0.15, -0.1) is 0 Å². The predicted molar refractivity (Wildman–Crippen MR) is 73.8 cm³/mol. The maximum absolute atomic E-state index is 12.1. The van der Waals surface area contributed by atoms with Crippen molar-refractivity contribution in [2.75, 3.05) is 20.2 Å². The normalized spacial score (nSPS) is 9.94. The number of hydrogen-bond donors (Lipinski definition) is 0. The highest BCUT2D eigenvalue weighted by Crippen LogP contribution is 2.12. The Balaban J connectivity index is 2.64. The summed E-state index contributed by atoms with van der Waals surface area (Å²) in [4.78, 5) is 13.9. The average Bonchev–Trinajstić information content (AvgIpc) is 2.36. The molecule has 0 saturated carbocycles. The lowest BCUT2D eigenvalue weighted by atomic mass is 10.1. The molecule has 0 heterocycles. The molecular formula is C15H21NO2. The summed E-state index contributed by atoms with van der Waals surface area (Å²) in [5.41, 5.74) is 2.00. The van der Waals surface area contributed by atoms with Gasteiger partial charge in [-0.05, 0) is 31.5 Å². The number of rotatable bonds is 6. The van der Waals surface area contributed by atoms with Crippen LogP contribution in [0.1, 0.15) is 19.4 Å². The van der Waals surface area contributed by atoms with Gasteiger partial charge in [-0.2, -0.15) is 0 Å². The van der Waals surface area contributed by atoms with Crippen molar-refractivity contribution in [3.05, 3.63) is 42.0 Å².